The molecule has 1 atom stereocenters. The molecule has 6 heteroatoms. The molecule has 0 heterocycles. The molecule has 0 fully saturated rings. The summed E-state index contributed by atoms with van der Waals surface area (Å²) in [6.45, 7) is 3.73. The molecule has 6 nitrogen and oxygen atoms in total. The van der Waals surface area contributed by atoms with Crippen LogP contribution in [0.15, 0.2) is 24.3 Å². The van der Waals surface area contributed by atoms with Crippen LogP contribution in [0.4, 0.5) is 0 Å². The Labute approximate surface area is 130 Å². The van der Waals surface area contributed by atoms with E-state index in [1.807, 2.05) is 19.9 Å². The first kappa shape index (κ1) is 17.8. The van der Waals surface area contributed by atoms with Crippen molar-refractivity contribution in [3.63, 3.8) is 0 Å². The Balaban J connectivity index is 2.58. The van der Waals surface area contributed by atoms with E-state index in [4.69, 9.17) is 14.2 Å². The first-order chi connectivity index (χ1) is 10.5. The molecule has 1 amide bonds. The normalized spacial score (nSPS) is 11.7. The molecule has 1 aromatic rings. The van der Waals surface area contributed by atoms with Crippen LogP contribution in [0, 0.1) is 5.92 Å². The summed E-state index contributed by atoms with van der Waals surface area (Å²) >= 11 is 0. The van der Waals surface area contributed by atoms with Crippen LogP contribution in [0.2, 0.25) is 0 Å². The van der Waals surface area contributed by atoms with Crippen LogP contribution in [-0.2, 0) is 14.3 Å². The highest BCUT2D eigenvalue weighted by Crippen LogP contribution is 2.25. The number of carbonyl (C=O) groups is 2. The minimum absolute atomic E-state index is 0.202. The minimum Gasteiger partial charge on any atom is -0.493 e. The Bertz CT molecular complexity index is 501. The molecule has 0 aromatic heterocycles. The summed E-state index contributed by atoms with van der Waals surface area (Å²) in [6, 6.07) is 6.37. The van der Waals surface area contributed by atoms with Crippen LogP contribution in [0.5, 0.6) is 11.5 Å². The van der Waals surface area contributed by atoms with Gasteiger partial charge in [0.2, 0.25) is 0 Å². The molecule has 0 saturated heterocycles. The Morgan fingerprint density at radius 1 is 1.14 bits per heavy atom. The van der Waals surface area contributed by atoms with Gasteiger partial charge in [-0.15, -0.1) is 0 Å². The second kappa shape index (κ2) is 8.92. The highest BCUT2D eigenvalue weighted by atomic mass is 16.5. The van der Waals surface area contributed by atoms with Gasteiger partial charge in [0.15, 0.2) is 18.1 Å². The van der Waals surface area contributed by atoms with Gasteiger partial charge in [-0.05, 0) is 24.5 Å². The molecule has 22 heavy (non-hydrogen) atoms. The largest absolute Gasteiger partial charge is 0.493 e. The van der Waals surface area contributed by atoms with E-state index in [2.05, 4.69) is 5.32 Å². The van der Waals surface area contributed by atoms with E-state index in [1.165, 1.54) is 14.2 Å². The number of para-hydroxylation sites is 2. The molecule has 0 bridgehead atoms. The second-order valence-corrected chi connectivity index (χ2v) is 5.21. The summed E-state index contributed by atoms with van der Waals surface area (Å²) in [4.78, 5) is 23.6. The zero-order valence-electron chi connectivity index (χ0n) is 13.4. The second-order valence-electron chi connectivity index (χ2n) is 5.21. The van der Waals surface area contributed by atoms with E-state index in [9.17, 15) is 9.59 Å². The third-order valence-corrected chi connectivity index (χ3v) is 2.96. The third kappa shape index (κ3) is 5.63. The Morgan fingerprint density at radius 3 is 2.32 bits per heavy atom. The van der Waals surface area contributed by atoms with Crippen LogP contribution < -0.4 is 14.8 Å². The van der Waals surface area contributed by atoms with Gasteiger partial charge in [-0.1, -0.05) is 26.0 Å². The maximum Gasteiger partial charge on any atom is 0.328 e. The lowest BCUT2D eigenvalue weighted by Gasteiger charge is -2.18. The van der Waals surface area contributed by atoms with Crippen LogP contribution in [0.3, 0.4) is 0 Å². The monoisotopic (exact) mass is 309 g/mol. The summed E-state index contributed by atoms with van der Waals surface area (Å²) in [5.41, 5.74) is 0. The molecule has 1 unspecified atom stereocenters. The average Bonchev–Trinajstić information content (AvgIpc) is 2.51. The summed E-state index contributed by atoms with van der Waals surface area (Å²) in [5.74, 6) is 0.418. The van der Waals surface area contributed by atoms with Crippen molar-refractivity contribution >= 4 is 11.9 Å². The fourth-order valence-corrected chi connectivity index (χ4v) is 1.95. The van der Waals surface area contributed by atoms with Crippen molar-refractivity contribution in [2.75, 3.05) is 20.8 Å². The average molecular weight is 309 g/mol. The van der Waals surface area contributed by atoms with Crippen molar-refractivity contribution in [2.45, 2.75) is 26.3 Å². The lowest BCUT2D eigenvalue weighted by Crippen LogP contribution is -2.44. The lowest BCUT2D eigenvalue weighted by molar-refractivity contribution is -0.145. The number of rotatable bonds is 8. The highest BCUT2D eigenvalue weighted by molar-refractivity contribution is 5.85. The van der Waals surface area contributed by atoms with Gasteiger partial charge in [-0.3, -0.25) is 4.79 Å². The fraction of sp³-hybridized carbons (Fsp3) is 0.500. The number of ether oxygens (including phenoxy) is 3. The zero-order chi connectivity index (χ0) is 16.5. The van der Waals surface area contributed by atoms with Crippen molar-refractivity contribution in [3.8, 4) is 11.5 Å². The molecule has 0 radical (unpaired) electrons. The zero-order valence-corrected chi connectivity index (χ0v) is 13.4. The van der Waals surface area contributed by atoms with E-state index < -0.39 is 12.0 Å². The molecule has 1 aromatic carbocycles. The Hall–Kier alpha value is -2.24. The molecule has 122 valence electrons. The smallest absolute Gasteiger partial charge is 0.328 e. The number of benzene rings is 1. The van der Waals surface area contributed by atoms with Crippen molar-refractivity contribution < 1.29 is 23.8 Å². The number of hydrogen-bond donors (Lipinski definition) is 1. The molecule has 1 N–H and O–H groups in total. The summed E-state index contributed by atoms with van der Waals surface area (Å²) in [6.07, 6.45) is 0.507. The number of esters is 1. The van der Waals surface area contributed by atoms with Crippen molar-refractivity contribution in [1.29, 1.82) is 0 Å². The van der Waals surface area contributed by atoms with E-state index in [1.54, 1.807) is 18.2 Å². The number of amides is 1. The van der Waals surface area contributed by atoms with Gasteiger partial charge < -0.3 is 19.5 Å². The first-order valence-corrected chi connectivity index (χ1v) is 7.11. The molecule has 0 aliphatic rings. The molecule has 0 saturated carbocycles. The summed E-state index contributed by atoms with van der Waals surface area (Å²) in [5, 5.41) is 2.63. The van der Waals surface area contributed by atoms with Gasteiger partial charge in [0.05, 0.1) is 14.2 Å². The third-order valence-electron chi connectivity index (χ3n) is 2.96. The number of nitrogens with one attached hydrogen (secondary N) is 1. The molecule has 1 rings (SSSR count). The predicted molar refractivity (Wildman–Crippen MR) is 81.9 cm³/mol. The summed E-state index contributed by atoms with van der Waals surface area (Å²) < 4.78 is 15.3. The topological polar surface area (TPSA) is 73.9 Å². The molecular formula is C16H23NO5. The quantitative estimate of drug-likeness (QED) is 0.741. The molecule has 0 aliphatic heterocycles. The Kier molecular flexibility index (Phi) is 7.22. The van der Waals surface area contributed by atoms with E-state index >= 15 is 0 Å². The maximum absolute atomic E-state index is 11.9. The fourth-order valence-electron chi connectivity index (χ4n) is 1.95. The van der Waals surface area contributed by atoms with Crippen molar-refractivity contribution in [2.24, 2.45) is 5.92 Å². The standard InChI is InChI=1S/C16H23NO5/c1-11(2)9-12(16(19)21-4)17-15(18)10-22-14-8-6-5-7-13(14)20-3/h5-8,11-12H,9-10H2,1-4H3,(H,17,18). The number of carbonyl (C=O) groups excluding carboxylic acids is 2. The van der Waals surface area contributed by atoms with Crippen LogP contribution in [-0.4, -0.2) is 38.7 Å². The lowest BCUT2D eigenvalue weighted by atomic mass is 10.0. The van der Waals surface area contributed by atoms with Gasteiger partial charge in [-0.25, -0.2) is 4.79 Å². The molecular weight excluding hydrogens is 286 g/mol. The highest BCUT2D eigenvalue weighted by Gasteiger charge is 2.22. The van der Waals surface area contributed by atoms with E-state index in [0.29, 0.717) is 17.9 Å². The van der Waals surface area contributed by atoms with Gasteiger partial charge in [-0.2, -0.15) is 0 Å². The van der Waals surface area contributed by atoms with Gasteiger partial charge >= 0.3 is 5.97 Å². The van der Waals surface area contributed by atoms with Gasteiger partial charge in [0.25, 0.3) is 5.91 Å². The summed E-state index contributed by atoms with van der Waals surface area (Å²) in [7, 11) is 2.82. The van der Waals surface area contributed by atoms with E-state index in [-0.39, 0.29) is 18.4 Å². The predicted octanol–water partition coefficient (Wildman–Crippen LogP) is 1.78. The number of hydrogen-bond acceptors (Lipinski definition) is 5. The Morgan fingerprint density at radius 2 is 1.77 bits per heavy atom. The van der Waals surface area contributed by atoms with E-state index in [0.717, 1.165) is 0 Å². The molecule has 0 aliphatic carbocycles. The maximum atomic E-state index is 11.9. The first-order valence-electron chi connectivity index (χ1n) is 7.11. The van der Waals surface area contributed by atoms with Crippen LogP contribution >= 0.6 is 0 Å². The van der Waals surface area contributed by atoms with Gasteiger partial charge in [0, 0.05) is 0 Å². The van der Waals surface area contributed by atoms with Crippen LogP contribution in [0.25, 0.3) is 0 Å². The van der Waals surface area contributed by atoms with Crippen molar-refractivity contribution in [1.82, 2.24) is 5.32 Å². The SMILES string of the molecule is COC(=O)C(CC(C)C)NC(=O)COc1ccccc1OC. The van der Waals surface area contributed by atoms with Crippen LogP contribution in [0.1, 0.15) is 20.3 Å². The number of methoxy groups -OCH3 is 2. The van der Waals surface area contributed by atoms with Crippen molar-refractivity contribution in [3.05, 3.63) is 24.3 Å². The van der Waals surface area contributed by atoms with Gasteiger partial charge in [0.1, 0.15) is 6.04 Å². The molecule has 0 spiro atoms. The minimum atomic E-state index is -0.668.